The fourth-order valence-electron chi connectivity index (χ4n) is 4.06. The predicted octanol–water partition coefficient (Wildman–Crippen LogP) is 5.99. The van der Waals surface area contributed by atoms with Gasteiger partial charge in [0.05, 0.1) is 6.10 Å². The predicted molar refractivity (Wildman–Crippen MR) is 92.1 cm³/mol. The van der Waals surface area contributed by atoms with Crippen LogP contribution in [0.25, 0.3) is 0 Å². The minimum Gasteiger partial charge on any atom is -0.378 e. The van der Waals surface area contributed by atoms with Gasteiger partial charge >= 0.3 is 0 Å². The molecule has 2 fully saturated rings. The van der Waals surface area contributed by atoms with Crippen molar-refractivity contribution < 1.29 is 4.74 Å². The van der Waals surface area contributed by atoms with Crippen molar-refractivity contribution in [2.75, 3.05) is 6.61 Å². The van der Waals surface area contributed by atoms with E-state index in [0.29, 0.717) is 16.8 Å². The average molecular weight is 351 g/mol. The summed E-state index contributed by atoms with van der Waals surface area (Å²) in [5.74, 6) is 1.43. The van der Waals surface area contributed by atoms with Crippen molar-refractivity contribution in [2.24, 2.45) is 5.92 Å². The minimum atomic E-state index is 0.424. The Bertz CT molecular complexity index is 435. The van der Waals surface area contributed by atoms with E-state index in [1.807, 2.05) is 0 Å². The molecule has 1 aliphatic heterocycles. The first kappa shape index (κ1) is 15.6. The molecule has 0 radical (unpaired) electrons. The number of ether oxygens (including phenoxy) is 1. The van der Waals surface area contributed by atoms with Gasteiger partial charge in [0.2, 0.25) is 0 Å². The number of alkyl halides is 1. The van der Waals surface area contributed by atoms with Crippen molar-refractivity contribution >= 4 is 15.9 Å². The van der Waals surface area contributed by atoms with Gasteiger partial charge in [-0.25, -0.2) is 0 Å². The zero-order valence-corrected chi connectivity index (χ0v) is 14.6. The Morgan fingerprint density at radius 3 is 2.48 bits per heavy atom. The van der Waals surface area contributed by atoms with Gasteiger partial charge in [-0.15, -0.1) is 0 Å². The maximum atomic E-state index is 5.85. The molecular formula is C19H27BrO. The molecule has 3 rings (SSSR count). The molecule has 2 aliphatic rings. The lowest BCUT2D eigenvalue weighted by Crippen LogP contribution is -2.19. The van der Waals surface area contributed by atoms with Crippen LogP contribution in [0.2, 0.25) is 0 Å². The molecule has 3 unspecified atom stereocenters. The molecule has 3 atom stereocenters. The fourth-order valence-corrected chi connectivity index (χ4v) is 4.97. The normalized spacial score (nSPS) is 28.7. The molecule has 116 valence electrons. The van der Waals surface area contributed by atoms with Gasteiger partial charge in [-0.1, -0.05) is 66.4 Å². The van der Waals surface area contributed by atoms with Crippen LogP contribution in [0.5, 0.6) is 0 Å². The largest absolute Gasteiger partial charge is 0.378 e. The Labute approximate surface area is 137 Å². The third-order valence-corrected chi connectivity index (χ3v) is 6.58. The van der Waals surface area contributed by atoms with Crippen LogP contribution in [-0.2, 0) is 4.74 Å². The number of benzene rings is 1. The van der Waals surface area contributed by atoms with E-state index in [4.69, 9.17) is 4.74 Å². The maximum Gasteiger partial charge on any atom is 0.0615 e. The van der Waals surface area contributed by atoms with Gasteiger partial charge in [-0.2, -0.15) is 0 Å². The summed E-state index contributed by atoms with van der Waals surface area (Å²) in [6.45, 7) is 3.15. The summed E-state index contributed by atoms with van der Waals surface area (Å²) in [6.07, 6.45) is 9.73. The van der Waals surface area contributed by atoms with Gasteiger partial charge in [0.1, 0.15) is 0 Å². The minimum absolute atomic E-state index is 0.424. The second kappa shape index (κ2) is 7.28. The Kier molecular flexibility index (Phi) is 5.39. The van der Waals surface area contributed by atoms with Crippen LogP contribution in [0.1, 0.15) is 73.7 Å². The molecule has 0 spiro atoms. The topological polar surface area (TPSA) is 9.23 Å². The second-order valence-corrected chi connectivity index (χ2v) is 7.66. The lowest BCUT2D eigenvalue weighted by atomic mass is 9.83. The fraction of sp³-hybridized carbons (Fsp3) is 0.684. The zero-order valence-electron chi connectivity index (χ0n) is 13.1. The van der Waals surface area contributed by atoms with Crippen LogP contribution in [-0.4, -0.2) is 12.7 Å². The summed E-state index contributed by atoms with van der Waals surface area (Å²) in [5.41, 5.74) is 2.97. The highest BCUT2D eigenvalue weighted by Gasteiger charge is 2.33. The van der Waals surface area contributed by atoms with Gasteiger partial charge in [0, 0.05) is 17.4 Å². The zero-order chi connectivity index (χ0) is 14.7. The summed E-state index contributed by atoms with van der Waals surface area (Å²) in [4.78, 5) is 0.436. The highest BCUT2D eigenvalue weighted by molar-refractivity contribution is 9.09. The Hall–Kier alpha value is -0.340. The van der Waals surface area contributed by atoms with Gasteiger partial charge in [-0.3, -0.25) is 0 Å². The van der Waals surface area contributed by atoms with Crippen LogP contribution in [0.15, 0.2) is 24.3 Å². The standard InChI is InChI=1S/C19H27BrO/c1-2-18-17(12-13-21-18)19(20)16-10-8-15(9-11-16)14-6-4-3-5-7-14/h8-11,14,17-19H,2-7,12-13H2,1H3. The van der Waals surface area contributed by atoms with Crippen molar-refractivity contribution in [2.45, 2.75) is 68.7 Å². The van der Waals surface area contributed by atoms with Crippen molar-refractivity contribution in [1.82, 2.24) is 0 Å². The van der Waals surface area contributed by atoms with Gasteiger partial charge in [0.15, 0.2) is 0 Å². The first-order valence-corrected chi connectivity index (χ1v) is 9.56. The molecular weight excluding hydrogens is 324 g/mol. The number of halogens is 1. The highest BCUT2D eigenvalue weighted by Crippen LogP contribution is 2.41. The first-order valence-electron chi connectivity index (χ1n) is 8.65. The molecule has 0 amide bonds. The summed E-state index contributed by atoms with van der Waals surface area (Å²) >= 11 is 3.93. The number of hydrogen-bond donors (Lipinski definition) is 0. The summed E-state index contributed by atoms with van der Waals surface area (Å²) in [6, 6.07) is 9.43. The SMILES string of the molecule is CCC1OCCC1C(Br)c1ccc(C2CCCCC2)cc1. The third kappa shape index (κ3) is 3.53. The van der Waals surface area contributed by atoms with Crippen LogP contribution >= 0.6 is 15.9 Å². The molecule has 1 aromatic rings. The summed E-state index contributed by atoms with van der Waals surface area (Å²) in [7, 11) is 0. The van der Waals surface area contributed by atoms with Crippen LogP contribution in [0.3, 0.4) is 0 Å². The lowest BCUT2D eigenvalue weighted by Gasteiger charge is -2.25. The maximum absolute atomic E-state index is 5.85. The molecule has 1 nitrogen and oxygen atoms in total. The molecule has 1 saturated heterocycles. The number of hydrogen-bond acceptors (Lipinski definition) is 1. The van der Waals surface area contributed by atoms with Crippen molar-refractivity contribution in [3.8, 4) is 0 Å². The van der Waals surface area contributed by atoms with Crippen molar-refractivity contribution in [3.05, 3.63) is 35.4 Å². The Balaban J connectivity index is 1.68. The average Bonchev–Trinajstić information content (AvgIpc) is 3.04. The van der Waals surface area contributed by atoms with Crippen LogP contribution in [0.4, 0.5) is 0 Å². The summed E-state index contributed by atoms with van der Waals surface area (Å²) in [5, 5.41) is 0. The molecule has 0 aromatic heterocycles. The van der Waals surface area contributed by atoms with E-state index in [0.717, 1.165) is 18.9 Å². The molecule has 21 heavy (non-hydrogen) atoms. The van der Waals surface area contributed by atoms with E-state index in [-0.39, 0.29) is 0 Å². The van der Waals surface area contributed by atoms with Gasteiger partial charge in [-0.05, 0) is 42.7 Å². The number of rotatable bonds is 4. The molecule has 1 heterocycles. The monoisotopic (exact) mass is 350 g/mol. The van der Waals surface area contributed by atoms with Crippen LogP contribution < -0.4 is 0 Å². The van der Waals surface area contributed by atoms with Crippen molar-refractivity contribution in [1.29, 1.82) is 0 Å². The van der Waals surface area contributed by atoms with E-state index in [2.05, 4.69) is 47.1 Å². The van der Waals surface area contributed by atoms with E-state index < -0.39 is 0 Å². The van der Waals surface area contributed by atoms with Crippen LogP contribution in [0, 0.1) is 5.92 Å². The van der Waals surface area contributed by atoms with E-state index in [1.54, 1.807) is 5.56 Å². The van der Waals surface area contributed by atoms with Crippen molar-refractivity contribution in [3.63, 3.8) is 0 Å². The van der Waals surface area contributed by atoms with Gasteiger partial charge < -0.3 is 4.74 Å². The molecule has 2 heteroatoms. The smallest absolute Gasteiger partial charge is 0.0615 e. The van der Waals surface area contributed by atoms with E-state index >= 15 is 0 Å². The quantitative estimate of drug-likeness (QED) is 0.606. The first-order chi connectivity index (χ1) is 10.3. The molecule has 1 saturated carbocycles. The third-order valence-electron chi connectivity index (χ3n) is 5.37. The Morgan fingerprint density at radius 2 is 1.81 bits per heavy atom. The van der Waals surface area contributed by atoms with E-state index in [9.17, 15) is 0 Å². The molecule has 1 aliphatic carbocycles. The molecule has 0 N–H and O–H groups in total. The molecule has 0 bridgehead atoms. The molecule has 1 aromatic carbocycles. The Morgan fingerprint density at radius 1 is 1.10 bits per heavy atom. The highest BCUT2D eigenvalue weighted by atomic mass is 79.9. The second-order valence-electron chi connectivity index (χ2n) is 6.67. The summed E-state index contributed by atoms with van der Waals surface area (Å²) < 4.78 is 5.85. The lowest BCUT2D eigenvalue weighted by molar-refractivity contribution is 0.0873. The van der Waals surface area contributed by atoms with E-state index in [1.165, 1.54) is 44.1 Å². The van der Waals surface area contributed by atoms with Gasteiger partial charge in [0.25, 0.3) is 0 Å².